The van der Waals surface area contributed by atoms with Gasteiger partial charge in [-0.05, 0) is 12.1 Å². The minimum atomic E-state index is -1.15. The molecule has 1 aliphatic heterocycles. The predicted octanol–water partition coefficient (Wildman–Crippen LogP) is 1.30. The molecule has 0 saturated heterocycles. The van der Waals surface area contributed by atoms with Gasteiger partial charge in [0, 0.05) is 16.6 Å². The van der Waals surface area contributed by atoms with Crippen LogP contribution in [0.2, 0.25) is 0 Å². The second kappa shape index (κ2) is 4.27. The maximum Gasteiger partial charge on any atom is 0.583 e. The van der Waals surface area contributed by atoms with Gasteiger partial charge in [-0.1, -0.05) is 36.4 Å². The van der Waals surface area contributed by atoms with Crippen molar-refractivity contribution in [3.05, 3.63) is 65.5 Å². The lowest BCUT2D eigenvalue weighted by Crippen LogP contribution is -2.40. The maximum atomic E-state index is 13.3. The zero-order chi connectivity index (χ0) is 12.5. The van der Waals surface area contributed by atoms with Crippen molar-refractivity contribution < 1.29 is 14.2 Å². The molecule has 0 unspecified atom stereocenters. The quantitative estimate of drug-likeness (QED) is 0.764. The molecule has 2 aromatic carbocycles. The lowest BCUT2D eigenvalue weighted by molar-refractivity contribution is 0.284. The highest BCUT2D eigenvalue weighted by Gasteiger charge is 2.29. The maximum absolute atomic E-state index is 13.3. The monoisotopic (exact) mass is 241 g/mol. The Morgan fingerprint density at radius 1 is 1.11 bits per heavy atom. The van der Waals surface area contributed by atoms with Gasteiger partial charge in [0.15, 0.2) is 0 Å². The number of nitrogens with zero attached hydrogens (tertiary/aromatic N) is 1. The van der Waals surface area contributed by atoms with E-state index in [2.05, 4.69) is 5.16 Å². The first-order valence-electron chi connectivity index (χ1n) is 5.53. The number of rotatable bonds is 1. The lowest BCUT2D eigenvalue weighted by Gasteiger charge is -2.18. The van der Waals surface area contributed by atoms with Gasteiger partial charge in [0.25, 0.3) is 0 Å². The molecule has 1 heterocycles. The van der Waals surface area contributed by atoms with Gasteiger partial charge in [0.2, 0.25) is 0 Å². The average molecular weight is 241 g/mol. The van der Waals surface area contributed by atoms with Crippen molar-refractivity contribution in [1.29, 1.82) is 0 Å². The molecule has 0 fully saturated rings. The molecule has 0 amide bonds. The van der Waals surface area contributed by atoms with Gasteiger partial charge < -0.3 is 9.78 Å². The molecule has 5 heteroatoms. The van der Waals surface area contributed by atoms with Crippen molar-refractivity contribution in [2.45, 2.75) is 0 Å². The Morgan fingerprint density at radius 3 is 2.67 bits per heavy atom. The van der Waals surface area contributed by atoms with Crippen LogP contribution in [-0.4, -0.2) is 17.9 Å². The summed E-state index contributed by atoms with van der Waals surface area (Å²) in [4.78, 5) is 0. The van der Waals surface area contributed by atoms with Gasteiger partial charge >= 0.3 is 7.12 Å². The summed E-state index contributed by atoms with van der Waals surface area (Å²) in [5.74, 6) is -0.369. The molecule has 0 atom stereocenters. The summed E-state index contributed by atoms with van der Waals surface area (Å²) >= 11 is 0. The minimum Gasteiger partial charge on any atom is -0.426 e. The number of benzene rings is 2. The number of oxime groups is 1. The zero-order valence-electron chi connectivity index (χ0n) is 9.38. The second-order valence-corrected chi connectivity index (χ2v) is 4.00. The average Bonchev–Trinajstić information content (AvgIpc) is 2.40. The number of hydrogen-bond donors (Lipinski definition) is 1. The smallest absolute Gasteiger partial charge is 0.426 e. The molecule has 0 aliphatic carbocycles. The molecule has 88 valence electrons. The molecule has 3 rings (SSSR count). The van der Waals surface area contributed by atoms with Crippen LogP contribution in [-0.2, 0) is 4.76 Å². The summed E-state index contributed by atoms with van der Waals surface area (Å²) in [6, 6.07) is 13.5. The largest absolute Gasteiger partial charge is 0.583 e. The van der Waals surface area contributed by atoms with Gasteiger partial charge in [-0.2, -0.15) is 0 Å². The summed E-state index contributed by atoms with van der Waals surface area (Å²) in [5, 5.41) is 13.5. The Morgan fingerprint density at radius 2 is 1.89 bits per heavy atom. The van der Waals surface area contributed by atoms with Crippen LogP contribution in [0.3, 0.4) is 0 Å². The van der Waals surface area contributed by atoms with E-state index in [-0.39, 0.29) is 5.82 Å². The van der Waals surface area contributed by atoms with E-state index in [0.717, 1.165) is 5.56 Å². The van der Waals surface area contributed by atoms with Crippen LogP contribution in [0, 0.1) is 5.82 Å². The van der Waals surface area contributed by atoms with Crippen molar-refractivity contribution in [1.82, 2.24) is 0 Å². The van der Waals surface area contributed by atoms with Crippen LogP contribution in [0.1, 0.15) is 11.1 Å². The third-order valence-corrected chi connectivity index (χ3v) is 2.83. The molecular weight excluding hydrogens is 232 g/mol. The van der Waals surface area contributed by atoms with E-state index in [1.807, 2.05) is 30.3 Å². The SMILES string of the molecule is OB1ON=C(c2ccccc2)c2cc(F)ccc21. The summed E-state index contributed by atoms with van der Waals surface area (Å²) in [6.07, 6.45) is 0. The molecule has 0 radical (unpaired) electrons. The van der Waals surface area contributed by atoms with E-state index in [1.54, 1.807) is 0 Å². The van der Waals surface area contributed by atoms with E-state index in [9.17, 15) is 9.41 Å². The van der Waals surface area contributed by atoms with E-state index in [0.29, 0.717) is 16.7 Å². The van der Waals surface area contributed by atoms with E-state index in [1.165, 1.54) is 18.2 Å². The minimum absolute atomic E-state index is 0.369. The van der Waals surface area contributed by atoms with Crippen LogP contribution >= 0.6 is 0 Å². The first-order chi connectivity index (χ1) is 8.75. The molecule has 2 aromatic rings. The number of halogens is 1. The zero-order valence-corrected chi connectivity index (χ0v) is 9.38. The molecule has 0 bridgehead atoms. The van der Waals surface area contributed by atoms with Crippen molar-refractivity contribution in [2.75, 3.05) is 0 Å². The van der Waals surface area contributed by atoms with E-state index in [4.69, 9.17) is 4.76 Å². The van der Waals surface area contributed by atoms with Crippen LogP contribution in [0.5, 0.6) is 0 Å². The summed E-state index contributed by atoms with van der Waals surface area (Å²) in [7, 11) is -1.15. The Kier molecular flexibility index (Phi) is 2.61. The van der Waals surface area contributed by atoms with Gasteiger partial charge in [-0.15, -0.1) is 5.16 Å². The fraction of sp³-hybridized carbons (Fsp3) is 0. The Bertz CT molecular complexity index is 616. The van der Waals surface area contributed by atoms with Gasteiger partial charge in [0.05, 0.1) is 0 Å². The summed E-state index contributed by atoms with van der Waals surface area (Å²) in [6.45, 7) is 0. The molecule has 3 nitrogen and oxygen atoms in total. The van der Waals surface area contributed by atoms with Crippen LogP contribution in [0.4, 0.5) is 4.39 Å². The van der Waals surface area contributed by atoms with Crippen LogP contribution < -0.4 is 5.46 Å². The first kappa shape index (κ1) is 11.0. The normalized spacial score (nSPS) is 13.7. The Labute approximate surface area is 104 Å². The predicted molar refractivity (Wildman–Crippen MR) is 67.2 cm³/mol. The van der Waals surface area contributed by atoms with Gasteiger partial charge in [0.1, 0.15) is 11.5 Å². The molecule has 1 N–H and O–H groups in total. The van der Waals surface area contributed by atoms with Gasteiger partial charge in [-0.3, -0.25) is 0 Å². The van der Waals surface area contributed by atoms with Crippen molar-refractivity contribution >= 4 is 18.3 Å². The Hall–Kier alpha value is -2.14. The second-order valence-electron chi connectivity index (χ2n) is 4.00. The number of hydrogen-bond acceptors (Lipinski definition) is 3. The van der Waals surface area contributed by atoms with E-state index >= 15 is 0 Å². The van der Waals surface area contributed by atoms with Crippen molar-refractivity contribution in [2.24, 2.45) is 5.16 Å². The number of fused-ring (bicyclic) bond motifs is 1. The van der Waals surface area contributed by atoms with Crippen LogP contribution in [0.15, 0.2) is 53.7 Å². The highest BCUT2D eigenvalue weighted by Crippen LogP contribution is 2.15. The summed E-state index contributed by atoms with van der Waals surface area (Å²) in [5.41, 5.74) is 2.41. The molecular formula is C13H9BFNO2. The standard InChI is InChI=1S/C13H9BFNO2/c15-10-6-7-12-11(8-10)13(16-18-14(12)17)9-4-2-1-3-5-9/h1-8,17H. The lowest BCUT2D eigenvalue weighted by atomic mass is 9.74. The molecule has 1 aliphatic rings. The fourth-order valence-corrected chi connectivity index (χ4v) is 1.96. The molecule has 0 saturated carbocycles. The highest BCUT2D eigenvalue weighted by atomic mass is 19.1. The fourth-order valence-electron chi connectivity index (χ4n) is 1.96. The summed E-state index contributed by atoms with van der Waals surface area (Å²) < 4.78 is 18.3. The third-order valence-electron chi connectivity index (χ3n) is 2.83. The van der Waals surface area contributed by atoms with Gasteiger partial charge in [-0.25, -0.2) is 4.39 Å². The van der Waals surface area contributed by atoms with E-state index < -0.39 is 7.12 Å². The van der Waals surface area contributed by atoms with Crippen LogP contribution in [0.25, 0.3) is 0 Å². The van der Waals surface area contributed by atoms with Crippen molar-refractivity contribution in [3.63, 3.8) is 0 Å². The molecule has 0 aromatic heterocycles. The van der Waals surface area contributed by atoms with Crippen molar-refractivity contribution in [3.8, 4) is 0 Å². The highest BCUT2D eigenvalue weighted by molar-refractivity contribution is 6.62. The Balaban J connectivity index is 2.17. The molecule has 18 heavy (non-hydrogen) atoms. The first-order valence-corrected chi connectivity index (χ1v) is 5.53. The third kappa shape index (κ3) is 1.78. The topological polar surface area (TPSA) is 41.8 Å². The molecule has 0 spiro atoms.